The second kappa shape index (κ2) is 2.77. The van der Waals surface area contributed by atoms with E-state index in [4.69, 9.17) is 0 Å². The lowest BCUT2D eigenvalue weighted by atomic mass is 10.4. The summed E-state index contributed by atoms with van der Waals surface area (Å²) in [6.45, 7) is 0. The zero-order valence-electron chi connectivity index (χ0n) is 4.21. The van der Waals surface area contributed by atoms with E-state index < -0.39 is 0 Å². The zero-order valence-corrected chi connectivity index (χ0v) is 5.80. The van der Waals surface area contributed by atoms with Crippen LogP contribution in [0, 0.1) is 0 Å². The van der Waals surface area contributed by atoms with Crippen molar-refractivity contribution >= 4 is 15.9 Å². The first-order valence-corrected chi connectivity index (χ1v) is 3.37. The molecule has 0 saturated heterocycles. The number of rotatable bonds is 1. The normalized spacial score (nSPS) is 9.12. The van der Waals surface area contributed by atoms with Gasteiger partial charge in [-0.15, -0.1) is 0 Å². The first-order chi connectivity index (χ1) is 3.93. The standard InChI is InChI=1S/C5H5BrN2/c6-3-5-1-2-7-8-4-5/h1-2,4H,3H2. The molecule has 0 amide bonds. The van der Waals surface area contributed by atoms with E-state index in [1.165, 1.54) is 0 Å². The van der Waals surface area contributed by atoms with Gasteiger partial charge in [-0.3, -0.25) is 0 Å². The number of halogens is 1. The molecule has 3 heteroatoms. The average Bonchev–Trinajstić information content (AvgIpc) is 1.90. The van der Waals surface area contributed by atoms with Crippen molar-refractivity contribution in [1.29, 1.82) is 0 Å². The van der Waals surface area contributed by atoms with Crippen LogP contribution < -0.4 is 0 Å². The molecule has 0 aliphatic carbocycles. The lowest BCUT2D eigenvalue weighted by molar-refractivity contribution is 1.01. The Morgan fingerprint density at radius 1 is 1.50 bits per heavy atom. The first kappa shape index (κ1) is 5.69. The summed E-state index contributed by atoms with van der Waals surface area (Å²) in [5, 5.41) is 8.15. The summed E-state index contributed by atoms with van der Waals surface area (Å²) >= 11 is 3.29. The van der Waals surface area contributed by atoms with Gasteiger partial charge in [-0.1, -0.05) is 15.9 Å². The van der Waals surface area contributed by atoms with E-state index in [1.54, 1.807) is 12.4 Å². The Labute approximate surface area is 56.1 Å². The molecule has 1 rings (SSSR count). The van der Waals surface area contributed by atoms with E-state index in [0.29, 0.717) is 0 Å². The Kier molecular flexibility index (Phi) is 1.97. The average molecular weight is 173 g/mol. The molecule has 1 heterocycles. The molecule has 0 bridgehead atoms. The first-order valence-electron chi connectivity index (χ1n) is 2.25. The lowest BCUT2D eigenvalue weighted by Gasteiger charge is -1.86. The fourth-order valence-corrected chi connectivity index (χ4v) is 0.729. The Morgan fingerprint density at radius 3 is 2.75 bits per heavy atom. The van der Waals surface area contributed by atoms with Crippen LogP contribution in [0.25, 0.3) is 0 Å². The molecule has 0 fully saturated rings. The molecular formula is C5H5BrN2. The smallest absolute Gasteiger partial charge is 0.0536 e. The molecule has 1 aromatic rings. The summed E-state index contributed by atoms with van der Waals surface area (Å²) in [6, 6.07) is 1.92. The van der Waals surface area contributed by atoms with Crippen molar-refractivity contribution in [2.75, 3.05) is 0 Å². The minimum absolute atomic E-state index is 0.850. The highest BCUT2D eigenvalue weighted by molar-refractivity contribution is 9.08. The van der Waals surface area contributed by atoms with Crippen molar-refractivity contribution < 1.29 is 0 Å². The van der Waals surface area contributed by atoms with Gasteiger partial charge in [0.2, 0.25) is 0 Å². The van der Waals surface area contributed by atoms with E-state index in [9.17, 15) is 0 Å². The number of nitrogens with zero attached hydrogens (tertiary/aromatic N) is 2. The second-order valence-electron chi connectivity index (χ2n) is 1.38. The summed E-state index contributed by atoms with van der Waals surface area (Å²) < 4.78 is 0. The number of hydrogen-bond acceptors (Lipinski definition) is 2. The van der Waals surface area contributed by atoms with E-state index in [2.05, 4.69) is 26.1 Å². The molecule has 0 saturated carbocycles. The van der Waals surface area contributed by atoms with Crippen LogP contribution in [-0.4, -0.2) is 10.2 Å². The fraction of sp³-hybridized carbons (Fsp3) is 0.200. The molecule has 0 N–H and O–H groups in total. The van der Waals surface area contributed by atoms with Crippen LogP contribution in [0.1, 0.15) is 5.56 Å². The lowest BCUT2D eigenvalue weighted by Crippen LogP contribution is -1.80. The van der Waals surface area contributed by atoms with Gasteiger partial charge in [-0.05, 0) is 11.6 Å². The monoisotopic (exact) mass is 172 g/mol. The van der Waals surface area contributed by atoms with Gasteiger partial charge in [0.05, 0.1) is 6.20 Å². The van der Waals surface area contributed by atoms with Gasteiger partial charge in [0, 0.05) is 11.5 Å². The molecule has 0 unspecified atom stereocenters. The SMILES string of the molecule is BrCc1ccnnc1. The summed E-state index contributed by atoms with van der Waals surface area (Å²) in [4.78, 5) is 0. The fourth-order valence-electron chi connectivity index (χ4n) is 0.397. The third-order valence-electron chi connectivity index (χ3n) is 0.800. The van der Waals surface area contributed by atoms with Gasteiger partial charge in [0.1, 0.15) is 0 Å². The summed E-state index contributed by atoms with van der Waals surface area (Å²) in [7, 11) is 0. The van der Waals surface area contributed by atoms with E-state index >= 15 is 0 Å². The predicted molar refractivity (Wildman–Crippen MR) is 34.7 cm³/mol. The van der Waals surface area contributed by atoms with E-state index in [1.807, 2.05) is 6.07 Å². The number of hydrogen-bond donors (Lipinski definition) is 0. The van der Waals surface area contributed by atoms with E-state index in [0.717, 1.165) is 10.9 Å². The summed E-state index contributed by atoms with van der Waals surface area (Å²) in [5.41, 5.74) is 1.15. The number of aromatic nitrogens is 2. The van der Waals surface area contributed by atoms with Gasteiger partial charge in [0.25, 0.3) is 0 Å². The van der Waals surface area contributed by atoms with Crippen molar-refractivity contribution in [1.82, 2.24) is 10.2 Å². The molecule has 2 nitrogen and oxygen atoms in total. The maximum absolute atomic E-state index is 3.68. The van der Waals surface area contributed by atoms with Gasteiger partial charge >= 0.3 is 0 Å². The van der Waals surface area contributed by atoms with Gasteiger partial charge in [0.15, 0.2) is 0 Å². The third-order valence-corrected chi connectivity index (χ3v) is 1.45. The maximum atomic E-state index is 3.68. The zero-order chi connectivity index (χ0) is 5.82. The Hall–Kier alpha value is -0.440. The van der Waals surface area contributed by atoms with Crippen LogP contribution in [0.15, 0.2) is 18.5 Å². The maximum Gasteiger partial charge on any atom is 0.0536 e. The quantitative estimate of drug-likeness (QED) is 0.599. The van der Waals surface area contributed by atoms with Crippen LogP contribution in [0.2, 0.25) is 0 Å². The Morgan fingerprint density at radius 2 is 2.38 bits per heavy atom. The molecule has 0 radical (unpaired) electrons. The third kappa shape index (κ3) is 1.26. The second-order valence-corrected chi connectivity index (χ2v) is 1.95. The van der Waals surface area contributed by atoms with Crippen LogP contribution in [0.3, 0.4) is 0 Å². The molecule has 0 spiro atoms. The topological polar surface area (TPSA) is 25.8 Å². The molecule has 0 aromatic carbocycles. The molecular weight excluding hydrogens is 168 g/mol. The van der Waals surface area contributed by atoms with Crippen molar-refractivity contribution in [3.63, 3.8) is 0 Å². The highest BCUT2D eigenvalue weighted by atomic mass is 79.9. The minimum atomic E-state index is 0.850. The molecule has 0 aliphatic rings. The molecule has 0 aliphatic heterocycles. The predicted octanol–water partition coefficient (Wildman–Crippen LogP) is 1.37. The Bertz CT molecular complexity index is 152. The van der Waals surface area contributed by atoms with Crippen LogP contribution >= 0.6 is 15.9 Å². The van der Waals surface area contributed by atoms with Gasteiger partial charge in [-0.25, -0.2) is 0 Å². The van der Waals surface area contributed by atoms with E-state index in [-0.39, 0.29) is 0 Å². The highest BCUT2D eigenvalue weighted by Gasteiger charge is 1.83. The molecule has 0 atom stereocenters. The van der Waals surface area contributed by atoms with Crippen LogP contribution in [-0.2, 0) is 5.33 Å². The largest absolute Gasteiger partial charge is 0.159 e. The van der Waals surface area contributed by atoms with Crippen molar-refractivity contribution in [3.05, 3.63) is 24.0 Å². The van der Waals surface area contributed by atoms with Crippen molar-refractivity contribution in [2.24, 2.45) is 0 Å². The molecule has 42 valence electrons. The van der Waals surface area contributed by atoms with Gasteiger partial charge < -0.3 is 0 Å². The van der Waals surface area contributed by atoms with Gasteiger partial charge in [-0.2, -0.15) is 10.2 Å². The van der Waals surface area contributed by atoms with Crippen LogP contribution in [0.5, 0.6) is 0 Å². The Balaban J connectivity index is 2.83. The number of alkyl halides is 1. The van der Waals surface area contributed by atoms with Crippen molar-refractivity contribution in [3.8, 4) is 0 Å². The summed E-state index contributed by atoms with van der Waals surface area (Å²) in [5.74, 6) is 0. The van der Waals surface area contributed by atoms with Crippen molar-refractivity contribution in [2.45, 2.75) is 5.33 Å². The highest BCUT2D eigenvalue weighted by Crippen LogP contribution is 1.99. The molecule has 1 aromatic heterocycles. The summed E-state index contributed by atoms with van der Waals surface area (Å²) in [6.07, 6.45) is 3.41. The molecule has 8 heavy (non-hydrogen) atoms. The van der Waals surface area contributed by atoms with Crippen LogP contribution in [0.4, 0.5) is 0 Å². The minimum Gasteiger partial charge on any atom is -0.159 e.